The van der Waals surface area contributed by atoms with E-state index in [-0.39, 0.29) is 4.90 Å². The second kappa shape index (κ2) is 5.46. The van der Waals surface area contributed by atoms with Crippen LogP contribution in [-0.2, 0) is 10.0 Å². The second-order valence-electron chi connectivity index (χ2n) is 4.77. The van der Waals surface area contributed by atoms with E-state index in [9.17, 15) is 8.42 Å². The summed E-state index contributed by atoms with van der Waals surface area (Å²) in [4.78, 5) is 0.0865. The van der Waals surface area contributed by atoms with Crippen molar-refractivity contribution in [2.75, 3.05) is 10.5 Å². The molecule has 0 aromatic heterocycles. The lowest BCUT2D eigenvalue weighted by Gasteiger charge is -2.13. The monoisotopic (exact) mass is 301 g/mol. The van der Waals surface area contributed by atoms with Gasteiger partial charge in [0.05, 0.1) is 22.2 Å². The maximum absolute atomic E-state index is 12.5. The normalized spacial score (nSPS) is 10.9. The first-order chi connectivity index (χ1) is 9.83. The highest BCUT2D eigenvalue weighted by molar-refractivity contribution is 7.92. The molecule has 0 bridgehead atoms. The Kier molecular flexibility index (Phi) is 3.87. The van der Waals surface area contributed by atoms with Crippen LogP contribution in [0, 0.1) is 25.2 Å². The molecule has 0 radical (unpaired) electrons. The number of nitrogen functional groups attached to an aromatic ring is 1. The van der Waals surface area contributed by atoms with Crippen molar-refractivity contribution < 1.29 is 8.42 Å². The van der Waals surface area contributed by atoms with Gasteiger partial charge in [-0.1, -0.05) is 12.1 Å². The largest absolute Gasteiger partial charge is 0.399 e. The van der Waals surface area contributed by atoms with Gasteiger partial charge in [-0.25, -0.2) is 8.42 Å². The van der Waals surface area contributed by atoms with Crippen LogP contribution >= 0.6 is 0 Å². The van der Waals surface area contributed by atoms with Gasteiger partial charge in [-0.2, -0.15) is 5.26 Å². The number of hydrogen-bond acceptors (Lipinski definition) is 4. The van der Waals surface area contributed by atoms with E-state index in [4.69, 9.17) is 11.0 Å². The molecule has 0 amide bonds. The standard InChI is InChI=1S/C15H15N3O2S/c1-10-4-6-13(17)8-14(10)18-21(19,20)15-7-12(9-16)5-3-11(15)2/h3-8,18H,17H2,1-2H3. The van der Waals surface area contributed by atoms with Crippen molar-refractivity contribution in [2.45, 2.75) is 18.7 Å². The summed E-state index contributed by atoms with van der Waals surface area (Å²) >= 11 is 0. The van der Waals surface area contributed by atoms with Crippen molar-refractivity contribution >= 4 is 21.4 Å². The van der Waals surface area contributed by atoms with E-state index in [1.54, 1.807) is 44.2 Å². The Bertz CT molecular complexity index is 836. The fraction of sp³-hybridized carbons (Fsp3) is 0.133. The van der Waals surface area contributed by atoms with Crippen LogP contribution < -0.4 is 10.5 Å². The average Bonchev–Trinajstić information content (AvgIpc) is 2.43. The van der Waals surface area contributed by atoms with Crippen LogP contribution in [0.15, 0.2) is 41.3 Å². The van der Waals surface area contributed by atoms with Gasteiger partial charge >= 0.3 is 0 Å². The number of nitrogens with zero attached hydrogens (tertiary/aromatic N) is 1. The van der Waals surface area contributed by atoms with Gasteiger partial charge in [0, 0.05) is 5.69 Å². The van der Waals surface area contributed by atoms with Gasteiger partial charge in [0.25, 0.3) is 10.0 Å². The predicted octanol–water partition coefficient (Wildman–Crippen LogP) is 2.56. The van der Waals surface area contributed by atoms with Crippen LogP contribution in [0.4, 0.5) is 11.4 Å². The lowest BCUT2D eigenvalue weighted by molar-refractivity contribution is 0.600. The lowest BCUT2D eigenvalue weighted by Crippen LogP contribution is -2.15. The van der Waals surface area contributed by atoms with Crippen LogP contribution in [0.5, 0.6) is 0 Å². The van der Waals surface area contributed by atoms with Crippen molar-refractivity contribution in [2.24, 2.45) is 0 Å². The third kappa shape index (κ3) is 3.15. The first-order valence-corrected chi connectivity index (χ1v) is 7.71. The topological polar surface area (TPSA) is 96.0 Å². The van der Waals surface area contributed by atoms with E-state index in [0.717, 1.165) is 5.56 Å². The molecule has 5 nitrogen and oxygen atoms in total. The first-order valence-electron chi connectivity index (χ1n) is 6.23. The molecular formula is C15H15N3O2S. The fourth-order valence-electron chi connectivity index (χ4n) is 1.91. The molecule has 2 aromatic rings. The molecule has 0 fully saturated rings. The summed E-state index contributed by atoms with van der Waals surface area (Å²) in [6.07, 6.45) is 0. The average molecular weight is 301 g/mol. The number of nitrogens with two attached hydrogens (primary N) is 1. The smallest absolute Gasteiger partial charge is 0.262 e. The molecule has 2 aromatic carbocycles. The van der Waals surface area contributed by atoms with E-state index < -0.39 is 10.0 Å². The molecule has 2 rings (SSSR count). The highest BCUT2D eigenvalue weighted by Gasteiger charge is 2.18. The molecule has 6 heteroatoms. The van der Waals surface area contributed by atoms with Gasteiger partial charge in [0.1, 0.15) is 0 Å². The molecule has 0 atom stereocenters. The number of aryl methyl sites for hydroxylation is 2. The van der Waals surface area contributed by atoms with Gasteiger partial charge in [-0.15, -0.1) is 0 Å². The van der Waals surface area contributed by atoms with Crippen molar-refractivity contribution in [3.8, 4) is 6.07 Å². The fourth-order valence-corrected chi connectivity index (χ4v) is 3.30. The maximum atomic E-state index is 12.5. The summed E-state index contributed by atoms with van der Waals surface area (Å²) in [7, 11) is -3.77. The SMILES string of the molecule is Cc1ccc(N)cc1NS(=O)(=O)c1cc(C#N)ccc1C. The second-order valence-corrected chi connectivity index (χ2v) is 6.42. The summed E-state index contributed by atoms with van der Waals surface area (Å²) in [5, 5.41) is 8.91. The molecule has 3 N–H and O–H groups in total. The molecule has 0 saturated carbocycles. The number of nitrogens with one attached hydrogen (secondary N) is 1. The zero-order valence-electron chi connectivity index (χ0n) is 11.7. The molecule has 0 spiro atoms. The number of nitriles is 1. The number of anilines is 2. The van der Waals surface area contributed by atoms with Crippen LogP contribution in [0.2, 0.25) is 0 Å². The van der Waals surface area contributed by atoms with Crippen LogP contribution in [0.3, 0.4) is 0 Å². The van der Waals surface area contributed by atoms with Crippen LogP contribution in [0.1, 0.15) is 16.7 Å². The van der Waals surface area contributed by atoms with Crippen molar-refractivity contribution in [1.29, 1.82) is 5.26 Å². The molecule has 0 heterocycles. The predicted molar refractivity (Wildman–Crippen MR) is 82.3 cm³/mol. The highest BCUT2D eigenvalue weighted by atomic mass is 32.2. The Balaban J connectivity index is 2.48. The molecule has 0 aliphatic heterocycles. The molecule has 0 saturated heterocycles. The minimum atomic E-state index is -3.77. The summed E-state index contributed by atoms with van der Waals surface area (Å²) < 4.78 is 27.5. The zero-order valence-corrected chi connectivity index (χ0v) is 12.5. The van der Waals surface area contributed by atoms with Crippen molar-refractivity contribution in [1.82, 2.24) is 0 Å². The van der Waals surface area contributed by atoms with Crippen molar-refractivity contribution in [3.05, 3.63) is 53.1 Å². The number of sulfonamides is 1. The molecular weight excluding hydrogens is 286 g/mol. The summed E-state index contributed by atoms with van der Waals surface area (Å²) in [6.45, 7) is 3.47. The Labute approximate surface area is 124 Å². The molecule has 0 aliphatic carbocycles. The van der Waals surface area contributed by atoms with E-state index in [2.05, 4.69) is 4.72 Å². The Morgan fingerprint density at radius 2 is 1.76 bits per heavy atom. The van der Waals surface area contributed by atoms with E-state index in [1.165, 1.54) is 6.07 Å². The lowest BCUT2D eigenvalue weighted by atomic mass is 10.2. The molecule has 0 unspecified atom stereocenters. The van der Waals surface area contributed by atoms with E-state index in [0.29, 0.717) is 22.5 Å². The molecule has 0 aliphatic rings. The van der Waals surface area contributed by atoms with E-state index >= 15 is 0 Å². The summed E-state index contributed by atoms with van der Waals surface area (Å²) in [5.74, 6) is 0. The highest BCUT2D eigenvalue weighted by Crippen LogP contribution is 2.24. The van der Waals surface area contributed by atoms with Gasteiger partial charge in [0.2, 0.25) is 0 Å². The number of hydrogen-bond donors (Lipinski definition) is 2. The third-order valence-corrected chi connectivity index (χ3v) is 4.62. The Morgan fingerprint density at radius 1 is 1.10 bits per heavy atom. The summed E-state index contributed by atoms with van der Waals surface area (Å²) in [6, 6.07) is 11.5. The summed E-state index contributed by atoms with van der Waals surface area (Å²) in [5.41, 5.74) is 8.22. The Morgan fingerprint density at radius 3 is 2.43 bits per heavy atom. The first kappa shape index (κ1) is 14.9. The molecule has 21 heavy (non-hydrogen) atoms. The quantitative estimate of drug-likeness (QED) is 0.851. The van der Waals surface area contributed by atoms with Gasteiger partial charge in [-0.3, -0.25) is 4.72 Å². The van der Waals surface area contributed by atoms with Crippen LogP contribution in [-0.4, -0.2) is 8.42 Å². The van der Waals surface area contributed by atoms with Gasteiger partial charge in [-0.05, 0) is 49.2 Å². The third-order valence-electron chi connectivity index (χ3n) is 3.11. The van der Waals surface area contributed by atoms with Crippen molar-refractivity contribution in [3.63, 3.8) is 0 Å². The van der Waals surface area contributed by atoms with Gasteiger partial charge < -0.3 is 5.73 Å². The molecule has 108 valence electrons. The van der Waals surface area contributed by atoms with E-state index in [1.807, 2.05) is 6.07 Å². The Hall–Kier alpha value is -2.52. The number of rotatable bonds is 3. The minimum absolute atomic E-state index is 0.0865. The zero-order chi connectivity index (χ0) is 15.6. The van der Waals surface area contributed by atoms with Crippen LogP contribution in [0.25, 0.3) is 0 Å². The van der Waals surface area contributed by atoms with Gasteiger partial charge in [0.15, 0.2) is 0 Å². The minimum Gasteiger partial charge on any atom is -0.399 e. The maximum Gasteiger partial charge on any atom is 0.262 e. The number of benzene rings is 2.